The minimum atomic E-state index is -0.389. The van der Waals surface area contributed by atoms with Crippen LogP contribution in [-0.2, 0) is 4.79 Å². The third-order valence-electron chi connectivity index (χ3n) is 3.83. The summed E-state index contributed by atoms with van der Waals surface area (Å²) in [5.41, 5.74) is 6.38. The third-order valence-corrected chi connectivity index (χ3v) is 3.83. The molecule has 1 aliphatic heterocycles. The summed E-state index contributed by atoms with van der Waals surface area (Å²) in [6, 6.07) is 9.23. The average Bonchev–Trinajstić information content (AvgIpc) is 3.18. The minimum Gasteiger partial charge on any atom is -0.335 e. The third kappa shape index (κ3) is 3.45. The molecule has 1 aromatic carbocycles. The smallest absolute Gasteiger partial charge is 0.318 e. The molecule has 0 aromatic heterocycles. The lowest BCUT2D eigenvalue weighted by Gasteiger charge is -2.24. The number of nitrogens with zero attached hydrogens (tertiary/aromatic N) is 1. The number of carbonyl (C=O) groups is 2. The highest BCUT2D eigenvalue weighted by atomic mass is 16.2. The van der Waals surface area contributed by atoms with Gasteiger partial charge >= 0.3 is 6.03 Å². The second kappa shape index (κ2) is 6.03. The average molecular weight is 288 g/mol. The van der Waals surface area contributed by atoms with Crippen molar-refractivity contribution in [2.45, 2.75) is 37.8 Å². The molecule has 1 aliphatic carbocycles. The lowest BCUT2D eigenvalue weighted by atomic mass is 10.2. The topological polar surface area (TPSA) is 73.5 Å². The summed E-state index contributed by atoms with van der Waals surface area (Å²) in [5, 5.41) is 2.94. The molecule has 0 spiro atoms. The molecular weight excluding hydrogens is 268 g/mol. The monoisotopic (exact) mass is 288 g/mol. The van der Waals surface area contributed by atoms with E-state index in [1.165, 1.54) is 0 Å². The first-order chi connectivity index (χ1) is 10.2. The Labute approximate surface area is 123 Å². The van der Waals surface area contributed by atoms with Gasteiger partial charge in [-0.1, -0.05) is 18.2 Å². The molecule has 2 fully saturated rings. The van der Waals surface area contributed by atoms with Crippen molar-refractivity contribution in [2.75, 3.05) is 12.0 Å². The molecule has 1 saturated heterocycles. The van der Waals surface area contributed by atoms with Crippen LogP contribution in [0.15, 0.2) is 30.3 Å². The van der Waals surface area contributed by atoms with Crippen LogP contribution in [-0.4, -0.2) is 35.5 Å². The second-order valence-corrected chi connectivity index (χ2v) is 5.56. The maximum atomic E-state index is 12.2. The molecule has 112 valence electrons. The van der Waals surface area contributed by atoms with Crippen molar-refractivity contribution < 1.29 is 9.59 Å². The van der Waals surface area contributed by atoms with E-state index in [0.29, 0.717) is 19.0 Å². The first kappa shape index (κ1) is 13.7. The number of rotatable bonds is 4. The molecule has 3 N–H and O–H groups in total. The Morgan fingerprint density at radius 3 is 2.57 bits per heavy atom. The highest BCUT2D eigenvalue weighted by Crippen LogP contribution is 2.22. The van der Waals surface area contributed by atoms with Gasteiger partial charge in [0.1, 0.15) is 6.04 Å². The van der Waals surface area contributed by atoms with Crippen molar-refractivity contribution in [2.24, 2.45) is 0 Å². The number of hydrogen-bond donors (Lipinski definition) is 3. The van der Waals surface area contributed by atoms with E-state index in [0.717, 1.165) is 24.9 Å². The van der Waals surface area contributed by atoms with Crippen LogP contribution in [0.25, 0.3) is 0 Å². The molecule has 6 nitrogen and oxygen atoms in total. The number of hydrazine groups is 1. The number of anilines is 1. The molecule has 1 unspecified atom stereocenters. The molecule has 0 bridgehead atoms. The fraction of sp³-hybridized carbons (Fsp3) is 0.467. The second-order valence-electron chi connectivity index (χ2n) is 5.56. The van der Waals surface area contributed by atoms with Gasteiger partial charge in [-0.15, -0.1) is 0 Å². The van der Waals surface area contributed by atoms with Gasteiger partial charge < -0.3 is 10.2 Å². The van der Waals surface area contributed by atoms with E-state index in [1.54, 1.807) is 4.90 Å². The largest absolute Gasteiger partial charge is 0.335 e. The number of para-hydroxylation sites is 1. The molecule has 0 radical (unpaired) electrons. The Balaban J connectivity index is 1.54. The predicted molar refractivity (Wildman–Crippen MR) is 79.5 cm³/mol. The van der Waals surface area contributed by atoms with Crippen LogP contribution < -0.4 is 16.2 Å². The van der Waals surface area contributed by atoms with E-state index in [1.807, 2.05) is 30.3 Å². The first-order valence-corrected chi connectivity index (χ1v) is 7.42. The van der Waals surface area contributed by atoms with Gasteiger partial charge in [-0.2, -0.15) is 0 Å². The molecule has 2 aliphatic rings. The fourth-order valence-corrected chi connectivity index (χ4v) is 2.51. The Kier molecular flexibility index (Phi) is 3.94. The standard InChI is InChI=1S/C15H20N4O2/c20-14(18-17-12-5-2-1-3-6-12)13-7-4-10-19(13)15(21)16-11-8-9-11/h1-3,5-6,11,13,17H,4,7-10H2,(H,16,21)(H,18,20). The number of urea groups is 1. The van der Waals surface area contributed by atoms with Gasteiger partial charge in [0, 0.05) is 12.6 Å². The number of amides is 3. The van der Waals surface area contributed by atoms with E-state index in [2.05, 4.69) is 16.2 Å². The summed E-state index contributed by atoms with van der Waals surface area (Å²) < 4.78 is 0. The normalized spacial score (nSPS) is 21.0. The van der Waals surface area contributed by atoms with E-state index in [-0.39, 0.29) is 18.0 Å². The molecule has 3 amide bonds. The van der Waals surface area contributed by atoms with Gasteiger partial charge in [0.2, 0.25) is 0 Å². The number of likely N-dealkylation sites (tertiary alicyclic amines) is 1. The molecule has 6 heteroatoms. The summed E-state index contributed by atoms with van der Waals surface area (Å²) in [7, 11) is 0. The number of nitrogens with one attached hydrogen (secondary N) is 3. The maximum Gasteiger partial charge on any atom is 0.318 e. The van der Waals surface area contributed by atoms with E-state index < -0.39 is 0 Å². The fourth-order valence-electron chi connectivity index (χ4n) is 2.51. The van der Waals surface area contributed by atoms with Crippen LogP contribution in [0.2, 0.25) is 0 Å². The van der Waals surface area contributed by atoms with Gasteiger partial charge in [0.25, 0.3) is 5.91 Å². The van der Waals surface area contributed by atoms with Crippen LogP contribution in [0.4, 0.5) is 10.5 Å². The molecule has 1 heterocycles. The maximum absolute atomic E-state index is 12.2. The number of carbonyl (C=O) groups excluding carboxylic acids is 2. The molecular formula is C15H20N4O2. The lowest BCUT2D eigenvalue weighted by molar-refractivity contribution is -0.124. The van der Waals surface area contributed by atoms with Crippen molar-refractivity contribution in [1.82, 2.24) is 15.6 Å². The van der Waals surface area contributed by atoms with Gasteiger partial charge in [-0.3, -0.25) is 15.6 Å². The van der Waals surface area contributed by atoms with Gasteiger partial charge in [-0.25, -0.2) is 4.79 Å². The zero-order chi connectivity index (χ0) is 14.7. The zero-order valence-corrected chi connectivity index (χ0v) is 11.8. The molecule has 1 saturated carbocycles. The minimum absolute atomic E-state index is 0.116. The highest BCUT2D eigenvalue weighted by molar-refractivity contribution is 5.88. The summed E-state index contributed by atoms with van der Waals surface area (Å²) in [6.07, 6.45) is 3.67. The van der Waals surface area contributed by atoms with Crippen LogP contribution in [0.1, 0.15) is 25.7 Å². The summed E-state index contributed by atoms with van der Waals surface area (Å²) in [6.45, 7) is 0.641. The summed E-state index contributed by atoms with van der Waals surface area (Å²) in [5.74, 6) is -0.165. The van der Waals surface area contributed by atoms with Gasteiger partial charge in [-0.05, 0) is 37.8 Å². The predicted octanol–water partition coefficient (Wildman–Crippen LogP) is 1.47. The molecule has 21 heavy (non-hydrogen) atoms. The lowest BCUT2D eigenvalue weighted by Crippen LogP contribution is -2.50. The van der Waals surface area contributed by atoms with Crippen LogP contribution in [0.3, 0.4) is 0 Å². The summed E-state index contributed by atoms with van der Waals surface area (Å²) in [4.78, 5) is 26.0. The quantitative estimate of drug-likeness (QED) is 0.735. The van der Waals surface area contributed by atoms with Crippen molar-refractivity contribution in [1.29, 1.82) is 0 Å². The van der Waals surface area contributed by atoms with Crippen molar-refractivity contribution in [3.8, 4) is 0 Å². The zero-order valence-electron chi connectivity index (χ0n) is 11.8. The van der Waals surface area contributed by atoms with Gasteiger partial charge in [0.15, 0.2) is 0 Å². The highest BCUT2D eigenvalue weighted by Gasteiger charge is 2.36. The molecule has 1 aromatic rings. The molecule has 3 rings (SSSR count). The Hall–Kier alpha value is -2.24. The number of benzene rings is 1. The van der Waals surface area contributed by atoms with E-state index >= 15 is 0 Å². The Morgan fingerprint density at radius 1 is 1.10 bits per heavy atom. The SMILES string of the molecule is O=C(NNc1ccccc1)C1CCCN1C(=O)NC1CC1. The van der Waals surface area contributed by atoms with Crippen molar-refractivity contribution >= 4 is 17.6 Å². The van der Waals surface area contributed by atoms with Gasteiger partial charge in [0.05, 0.1) is 5.69 Å². The van der Waals surface area contributed by atoms with Crippen LogP contribution in [0.5, 0.6) is 0 Å². The van der Waals surface area contributed by atoms with Crippen LogP contribution in [0, 0.1) is 0 Å². The number of hydrogen-bond acceptors (Lipinski definition) is 3. The van der Waals surface area contributed by atoms with Crippen molar-refractivity contribution in [3.05, 3.63) is 30.3 Å². The van der Waals surface area contributed by atoms with E-state index in [9.17, 15) is 9.59 Å². The van der Waals surface area contributed by atoms with Crippen molar-refractivity contribution in [3.63, 3.8) is 0 Å². The Morgan fingerprint density at radius 2 is 1.86 bits per heavy atom. The molecule has 1 atom stereocenters. The first-order valence-electron chi connectivity index (χ1n) is 7.42. The summed E-state index contributed by atoms with van der Waals surface area (Å²) >= 11 is 0. The Bertz CT molecular complexity index is 516. The van der Waals surface area contributed by atoms with Crippen LogP contribution >= 0.6 is 0 Å². The van der Waals surface area contributed by atoms with E-state index in [4.69, 9.17) is 0 Å².